The molecule has 1 aromatic heterocycles. The van der Waals surface area contributed by atoms with Crippen molar-refractivity contribution >= 4 is 11.8 Å². The molecule has 6 nitrogen and oxygen atoms in total. The number of alkyl halides is 2. The van der Waals surface area contributed by atoms with E-state index in [4.69, 9.17) is 4.42 Å². The number of carbonyl (C=O) groups is 2. The Balaban J connectivity index is 1.64. The topological polar surface area (TPSA) is 80.6 Å². The Morgan fingerprint density at radius 1 is 1.30 bits per heavy atom. The second kappa shape index (κ2) is 8.20. The number of amides is 2. The standard InChI is InChI=1S/C19H20F2N2O4/c1-11(22-18(25)16-6-3-9-26-16)17(24)23-15-5-2-4-12-10-13(27-19(20)21)7-8-14(12)15/h3,6-11,15,19H,2,4-5H2,1H3,(H,22,25)(H,23,24)/t11-,15-/m1/s1. The first kappa shape index (κ1) is 18.9. The maximum absolute atomic E-state index is 12.5. The van der Waals surface area contributed by atoms with E-state index >= 15 is 0 Å². The Morgan fingerprint density at radius 2 is 2.11 bits per heavy atom. The summed E-state index contributed by atoms with van der Waals surface area (Å²) < 4.78 is 34.2. The number of furan rings is 1. The Morgan fingerprint density at radius 3 is 2.81 bits per heavy atom. The molecular weight excluding hydrogens is 358 g/mol. The molecule has 0 saturated heterocycles. The summed E-state index contributed by atoms with van der Waals surface area (Å²) in [6.07, 6.45) is 3.65. The smallest absolute Gasteiger partial charge is 0.387 e. The average Bonchev–Trinajstić information content (AvgIpc) is 3.16. The van der Waals surface area contributed by atoms with Crippen LogP contribution in [0.3, 0.4) is 0 Å². The lowest BCUT2D eigenvalue weighted by Gasteiger charge is -2.28. The summed E-state index contributed by atoms with van der Waals surface area (Å²) in [5, 5.41) is 5.49. The minimum Gasteiger partial charge on any atom is -0.459 e. The molecule has 8 heteroatoms. The highest BCUT2D eigenvalue weighted by Crippen LogP contribution is 2.32. The van der Waals surface area contributed by atoms with Crippen molar-refractivity contribution in [1.29, 1.82) is 0 Å². The Bertz CT molecular complexity index is 808. The van der Waals surface area contributed by atoms with Gasteiger partial charge in [-0.1, -0.05) is 6.07 Å². The van der Waals surface area contributed by atoms with Gasteiger partial charge in [-0.3, -0.25) is 9.59 Å². The third-order valence-electron chi connectivity index (χ3n) is 4.46. The molecule has 144 valence electrons. The highest BCUT2D eigenvalue weighted by molar-refractivity contribution is 5.95. The van der Waals surface area contributed by atoms with E-state index in [-0.39, 0.29) is 23.5 Å². The molecule has 2 atom stereocenters. The van der Waals surface area contributed by atoms with Crippen LogP contribution in [0.15, 0.2) is 41.0 Å². The van der Waals surface area contributed by atoms with E-state index in [1.807, 2.05) is 0 Å². The molecule has 1 heterocycles. The van der Waals surface area contributed by atoms with Crippen LogP contribution in [0.25, 0.3) is 0 Å². The largest absolute Gasteiger partial charge is 0.459 e. The Labute approximate surface area is 154 Å². The number of fused-ring (bicyclic) bond motifs is 1. The fraction of sp³-hybridized carbons (Fsp3) is 0.368. The number of rotatable bonds is 6. The molecule has 0 saturated carbocycles. The van der Waals surface area contributed by atoms with Crippen molar-refractivity contribution in [3.63, 3.8) is 0 Å². The minimum absolute atomic E-state index is 0.106. The van der Waals surface area contributed by atoms with Gasteiger partial charge >= 0.3 is 6.61 Å². The SMILES string of the molecule is C[C@@H](NC(=O)c1ccco1)C(=O)N[C@@H]1CCCc2cc(OC(F)F)ccc21. The lowest BCUT2D eigenvalue weighted by atomic mass is 9.87. The van der Waals surface area contributed by atoms with Crippen LogP contribution >= 0.6 is 0 Å². The Hall–Kier alpha value is -2.90. The lowest BCUT2D eigenvalue weighted by molar-refractivity contribution is -0.123. The van der Waals surface area contributed by atoms with Crippen molar-refractivity contribution in [3.05, 3.63) is 53.5 Å². The van der Waals surface area contributed by atoms with E-state index in [1.54, 1.807) is 25.1 Å². The molecule has 0 radical (unpaired) electrons. The summed E-state index contributed by atoms with van der Waals surface area (Å²) in [4.78, 5) is 24.4. The third kappa shape index (κ3) is 4.64. The van der Waals surface area contributed by atoms with Gasteiger partial charge < -0.3 is 19.8 Å². The molecule has 0 spiro atoms. The first-order valence-corrected chi connectivity index (χ1v) is 8.66. The number of hydrogen-bond donors (Lipinski definition) is 2. The molecular formula is C19H20F2N2O4. The van der Waals surface area contributed by atoms with E-state index in [0.717, 1.165) is 30.4 Å². The Kier molecular flexibility index (Phi) is 5.73. The quantitative estimate of drug-likeness (QED) is 0.809. The van der Waals surface area contributed by atoms with Gasteiger partial charge in [0, 0.05) is 0 Å². The van der Waals surface area contributed by atoms with Crippen LogP contribution in [0.1, 0.15) is 47.5 Å². The van der Waals surface area contributed by atoms with E-state index in [2.05, 4.69) is 15.4 Å². The molecule has 0 aliphatic heterocycles. The summed E-state index contributed by atoms with van der Waals surface area (Å²) in [5.41, 5.74) is 1.75. The fourth-order valence-electron chi connectivity index (χ4n) is 3.15. The van der Waals surface area contributed by atoms with Gasteiger partial charge in [-0.05, 0) is 61.6 Å². The molecule has 1 aliphatic carbocycles. The molecule has 1 aliphatic rings. The van der Waals surface area contributed by atoms with Crippen LogP contribution in [0.2, 0.25) is 0 Å². The minimum atomic E-state index is -2.87. The van der Waals surface area contributed by atoms with Crippen LogP contribution in [-0.4, -0.2) is 24.5 Å². The molecule has 27 heavy (non-hydrogen) atoms. The van der Waals surface area contributed by atoms with Gasteiger partial charge in [0.05, 0.1) is 12.3 Å². The van der Waals surface area contributed by atoms with Crippen LogP contribution < -0.4 is 15.4 Å². The molecule has 1 aromatic carbocycles. The summed E-state index contributed by atoms with van der Waals surface area (Å²) in [5.74, 6) is -0.569. The zero-order chi connectivity index (χ0) is 19.4. The van der Waals surface area contributed by atoms with Crippen LogP contribution in [0, 0.1) is 0 Å². The van der Waals surface area contributed by atoms with E-state index in [1.165, 1.54) is 18.4 Å². The van der Waals surface area contributed by atoms with Crippen molar-refractivity contribution in [2.45, 2.75) is 44.9 Å². The molecule has 3 rings (SSSR count). The van der Waals surface area contributed by atoms with Crippen molar-refractivity contribution in [2.24, 2.45) is 0 Å². The zero-order valence-corrected chi connectivity index (χ0v) is 14.7. The van der Waals surface area contributed by atoms with Gasteiger partial charge in [-0.2, -0.15) is 8.78 Å². The maximum atomic E-state index is 12.5. The highest BCUT2D eigenvalue weighted by atomic mass is 19.3. The van der Waals surface area contributed by atoms with Crippen LogP contribution in [0.5, 0.6) is 5.75 Å². The number of benzene rings is 1. The number of ether oxygens (including phenoxy) is 1. The first-order valence-electron chi connectivity index (χ1n) is 8.66. The molecule has 2 N–H and O–H groups in total. The van der Waals surface area contributed by atoms with E-state index < -0.39 is 18.6 Å². The number of nitrogens with one attached hydrogen (secondary N) is 2. The number of aryl methyl sites for hydroxylation is 1. The average molecular weight is 378 g/mol. The predicted molar refractivity (Wildman–Crippen MR) is 92.5 cm³/mol. The van der Waals surface area contributed by atoms with E-state index in [9.17, 15) is 18.4 Å². The number of carbonyl (C=O) groups excluding carboxylic acids is 2. The molecule has 0 unspecified atom stereocenters. The zero-order valence-electron chi connectivity index (χ0n) is 14.7. The van der Waals surface area contributed by atoms with Gasteiger partial charge in [-0.15, -0.1) is 0 Å². The van der Waals surface area contributed by atoms with Crippen LogP contribution in [-0.2, 0) is 11.2 Å². The van der Waals surface area contributed by atoms with E-state index in [0.29, 0.717) is 0 Å². The van der Waals surface area contributed by atoms with Gasteiger partial charge in [0.1, 0.15) is 11.8 Å². The molecule has 2 aromatic rings. The van der Waals surface area contributed by atoms with Gasteiger partial charge in [0.2, 0.25) is 5.91 Å². The summed E-state index contributed by atoms with van der Waals surface area (Å²) >= 11 is 0. The second-order valence-corrected chi connectivity index (χ2v) is 6.36. The summed E-state index contributed by atoms with van der Waals surface area (Å²) in [6.45, 7) is -1.29. The van der Waals surface area contributed by atoms with Crippen molar-refractivity contribution in [1.82, 2.24) is 10.6 Å². The van der Waals surface area contributed by atoms with Crippen molar-refractivity contribution in [3.8, 4) is 5.75 Å². The summed E-state index contributed by atoms with van der Waals surface area (Å²) in [6, 6.07) is 6.85. The normalized spacial score (nSPS) is 17.1. The predicted octanol–water partition coefficient (Wildman–Crippen LogP) is 3.19. The monoisotopic (exact) mass is 378 g/mol. The third-order valence-corrected chi connectivity index (χ3v) is 4.46. The van der Waals surface area contributed by atoms with Gasteiger partial charge in [0.15, 0.2) is 5.76 Å². The van der Waals surface area contributed by atoms with Crippen molar-refractivity contribution in [2.75, 3.05) is 0 Å². The second-order valence-electron chi connectivity index (χ2n) is 6.36. The molecule has 2 amide bonds. The van der Waals surface area contributed by atoms with Crippen LogP contribution in [0.4, 0.5) is 8.78 Å². The molecule has 0 fully saturated rings. The van der Waals surface area contributed by atoms with Gasteiger partial charge in [0.25, 0.3) is 5.91 Å². The maximum Gasteiger partial charge on any atom is 0.387 e. The first-order chi connectivity index (χ1) is 12.9. The number of halogens is 2. The molecule has 0 bridgehead atoms. The highest BCUT2D eigenvalue weighted by Gasteiger charge is 2.25. The van der Waals surface area contributed by atoms with Gasteiger partial charge in [-0.25, -0.2) is 0 Å². The lowest BCUT2D eigenvalue weighted by Crippen LogP contribution is -2.46. The van der Waals surface area contributed by atoms with Crippen molar-refractivity contribution < 1.29 is 27.5 Å². The fourth-order valence-corrected chi connectivity index (χ4v) is 3.15. The number of hydrogen-bond acceptors (Lipinski definition) is 4. The summed E-state index contributed by atoms with van der Waals surface area (Å²) in [7, 11) is 0.